The van der Waals surface area contributed by atoms with Gasteiger partial charge in [-0.15, -0.1) is 0 Å². The number of urea groups is 1. The number of carbonyl (C=O) groups is 1. The van der Waals surface area contributed by atoms with Gasteiger partial charge in [-0.2, -0.15) is 0 Å². The van der Waals surface area contributed by atoms with E-state index in [9.17, 15) is 4.79 Å². The Kier molecular flexibility index (Phi) is 5.09. The van der Waals surface area contributed by atoms with E-state index in [0.717, 1.165) is 5.56 Å². The van der Waals surface area contributed by atoms with E-state index in [2.05, 4.69) is 10.6 Å². The summed E-state index contributed by atoms with van der Waals surface area (Å²) in [6.07, 6.45) is 3.27. The van der Waals surface area contributed by atoms with Crippen LogP contribution >= 0.6 is 23.2 Å². The van der Waals surface area contributed by atoms with E-state index in [-0.39, 0.29) is 6.03 Å². The molecule has 0 unspecified atom stereocenters. The summed E-state index contributed by atoms with van der Waals surface area (Å²) in [6.45, 7) is 0. The Labute approximate surface area is 132 Å². The highest BCUT2D eigenvalue weighted by molar-refractivity contribution is 6.33. The molecule has 0 atom stereocenters. The van der Waals surface area contributed by atoms with Crippen LogP contribution in [0.3, 0.4) is 0 Å². The van der Waals surface area contributed by atoms with E-state index in [1.165, 1.54) is 6.20 Å². The summed E-state index contributed by atoms with van der Waals surface area (Å²) >= 11 is 11.7. The summed E-state index contributed by atoms with van der Waals surface area (Å²) in [6, 6.07) is 11.8. The fourth-order valence-electron chi connectivity index (χ4n) is 1.60. The van der Waals surface area contributed by atoms with Crippen molar-refractivity contribution in [2.24, 2.45) is 0 Å². The lowest BCUT2D eigenvalue weighted by atomic mass is 10.2. The van der Waals surface area contributed by atoms with Gasteiger partial charge in [-0.25, -0.2) is 4.79 Å². The number of nitrogen functional groups attached to an aromatic ring is 1. The third-order valence-corrected chi connectivity index (χ3v) is 3.16. The SMILES string of the molecule is Nc1ccc(NC(=O)N/C=C/c2cccc(Cl)c2)cc1Cl. The highest BCUT2D eigenvalue weighted by Gasteiger charge is 2.02. The number of anilines is 2. The molecule has 4 nitrogen and oxygen atoms in total. The van der Waals surface area contributed by atoms with Crippen LogP contribution in [0, 0.1) is 0 Å². The molecule has 2 amide bonds. The number of rotatable bonds is 3. The average Bonchev–Trinajstić information content (AvgIpc) is 2.43. The second-order valence-electron chi connectivity index (χ2n) is 4.22. The standard InChI is InChI=1S/C15H13Cl2N3O/c16-11-3-1-2-10(8-11)6-7-19-15(21)20-12-4-5-14(18)13(17)9-12/h1-9H,18H2,(H2,19,20,21)/b7-6+. The molecule has 0 saturated carbocycles. The highest BCUT2D eigenvalue weighted by Crippen LogP contribution is 2.22. The summed E-state index contributed by atoms with van der Waals surface area (Å²) in [5.74, 6) is 0. The number of halogens is 2. The second-order valence-corrected chi connectivity index (χ2v) is 5.07. The largest absolute Gasteiger partial charge is 0.398 e. The maximum atomic E-state index is 11.7. The topological polar surface area (TPSA) is 67.1 Å². The number of hydrogen-bond acceptors (Lipinski definition) is 2. The van der Waals surface area contributed by atoms with Crippen LogP contribution in [-0.2, 0) is 0 Å². The quantitative estimate of drug-likeness (QED) is 0.735. The van der Waals surface area contributed by atoms with Crippen molar-refractivity contribution in [1.29, 1.82) is 0 Å². The van der Waals surface area contributed by atoms with Gasteiger partial charge in [-0.1, -0.05) is 35.3 Å². The van der Waals surface area contributed by atoms with Gasteiger partial charge >= 0.3 is 6.03 Å². The van der Waals surface area contributed by atoms with Gasteiger partial charge in [-0.3, -0.25) is 0 Å². The minimum atomic E-state index is -0.380. The summed E-state index contributed by atoms with van der Waals surface area (Å²) in [5, 5.41) is 6.25. The van der Waals surface area contributed by atoms with Crippen molar-refractivity contribution in [3.05, 3.63) is 64.3 Å². The van der Waals surface area contributed by atoms with E-state index in [0.29, 0.717) is 21.4 Å². The molecule has 108 valence electrons. The highest BCUT2D eigenvalue weighted by atomic mass is 35.5. The van der Waals surface area contributed by atoms with Crippen molar-refractivity contribution < 1.29 is 4.79 Å². The summed E-state index contributed by atoms with van der Waals surface area (Å²) in [4.78, 5) is 11.7. The van der Waals surface area contributed by atoms with Crippen molar-refractivity contribution >= 4 is 46.7 Å². The van der Waals surface area contributed by atoms with Gasteiger partial charge < -0.3 is 16.4 Å². The predicted molar refractivity (Wildman–Crippen MR) is 88.5 cm³/mol. The summed E-state index contributed by atoms with van der Waals surface area (Å²) in [5.41, 5.74) is 7.50. The first-order valence-corrected chi connectivity index (χ1v) is 6.85. The van der Waals surface area contributed by atoms with E-state index in [4.69, 9.17) is 28.9 Å². The van der Waals surface area contributed by atoms with Gasteiger partial charge in [0.2, 0.25) is 0 Å². The van der Waals surface area contributed by atoms with Crippen molar-refractivity contribution in [1.82, 2.24) is 5.32 Å². The maximum Gasteiger partial charge on any atom is 0.323 e. The molecule has 0 aliphatic carbocycles. The molecule has 4 N–H and O–H groups in total. The molecule has 0 fully saturated rings. The molecule has 0 saturated heterocycles. The Bertz CT molecular complexity index is 686. The zero-order valence-electron chi connectivity index (χ0n) is 10.9. The first-order valence-electron chi connectivity index (χ1n) is 6.09. The fraction of sp³-hybridized carbons (Fsp3) is 0. The molecule has 21 heavy (non-hydrogen) atoms. The van der Waals surface area contributed by atoms with Gasteiger partial charge in [0.25, 0.3) is 0 Å². The van der Waals surface area contributed by atoms with E-state index in [1.54, 1.807) is 36.4 Å². The summed E-state index contributed by atoms with van der Waals surface area (Å²) < 4.78 is 0. The zero-order valence-corrected chi connectivity index (χ0v) is 12.4. The molecule has 0 aromatic heterocycles. The molecule has 0 radical (unpaired) electrons. The lowest BCUT2D eigenvalue weighted by Crippen LogP contribution is -2.23. The molecule has 2 aromatic carbocycles. The van der Waals surface area contributed by atoms with Gasteiger partial charge in [0, 0.05) is 16.9 Å². The third kappa shape index (κ3) is 4.70. The Balaban J connectivity index is 1.91. The van der Waals surface area contributed by atoms with Crippen LogP contribution in [0.15, 0.2) is 48.7 Å². The third-order valence-electron chi connectivity index (χ3n) is 2.60. The second kappa shape index (κ2) is 7.02. The lowest BCUT2D eigenvalue weighted by Gasteiger charge is -2.06. The van der Waals surface area contributed by atoms with Crippen molar-refractivity contribution in [2.45, 2.75) is 0 Å². The first-order chi connectivity index (χ1) is 10.0. The zero-order chi connectivity index (χ0) is 15.2. The minimum absolute atomic E-state index is 0.380. The molecule has 0 bridgehead atoms. The molecule has 2 aromatic rings. The van der Waals surface area contributed by atoms with Crippen LogP contribution < -0.4 is 16.4 Å². The van der Waals surface area contributed by atoms with Crippen LogP contribution in [0.5, 0.6) is 0 Å². The van der Waals surface area contributed by atoms with Gasteiger partial charge in [0.05, 0.1) is 10.7 Å². The molecule has 6 heteroatoms. The molecule has 0 aliphatic heterocycles. The predicted octanol–water partition coefficient (Wildman–Crippen LogP) is 4.37. The number of carbonyl (C=O) groups excluding carboxylic acids is 1. The first kappa shape index (κ1) is 15.2. The van der Waals surface area contributed by atoms with Crippen LogP contribution in [0.1, 0.15) is 5.56 Å². The van der Waals surface area contributed by atoms with Gasteiger partial charge in [-0.05, 0) is 42.0 Å². The van der Waals surface area contributed by atoms with E-state index < -0.39 is 0 Å². The van der Waals surface area contributed by atoms with Crippen molar-refractivity contribution in [2.75, 3.05) is 11.1 Å². The number of nitrogens with one attached hydrogen (secondary N) is 2. The van der Waals surface area contributed by atoms with E-state index in [1.807, 2.05) is 12.1 Å². The number of amides is 2. The number of benzene rings is 2. The minimum Gasteiger partial charge on any atom is -0.398 e. The van der Waals surface area contributed by atoms with Crippen LogP contribution in [0.4, 0.5) is 16.2 Å². The Morgan fingerprint density at radius 1 is 1.14 bits per heavy atom. The van der Waals surface area contributed by atoms with Crippen molar-refractivity contribution in [3.8, 4) is 0 Å². The fourth-order valence-corrected chi connectivity index (χ4v) is 1.98. The number of hydrogen-bond donors (Lipinski definition) is 3. The molecular weight excluding hydrogens is 309 g/mol. The molecule has 0 spiro atoms. The van der Waals surface area contributed by atoms with E-state index >= 15 is 0 Å². The average molecular weight is 322 g/mol. The van der Waals surface area contributed by atoms with Crippen LogP contribution in [0.25, 0.3) is 6.08 Å². The molecular formula is C15H13Cl2N3O. The number of nitrogens with two attached hydrogens (primary N) is 1. The van der Waals surface area contributed by atoms with Crippen LogP contribution in [-0.4, -0.2) is 6.03 Å². The lowest BCUT2D eigenvalue weighted by molar-refractivity contribution is 0.255. The normalized spacial score (nSPS) is 10.6. The smallest absolute Gasteiger partial charge is 0.323 e. The molecule has 0 heterocycles. The molecule has 2 rings (SSSR count). The maximum absolute atomic E-state index is 11.7. The van der Waals surface area contributed by atoms with Gasteiger partial charge in [0.15, 0.2) is 0 Å². The Hall–Kier alpha value is -2.17. The summed E-state index contributed by atoms with van der Waals surface area (Å²) in [7, 11) is 0. The van der Waals surface area contributed by atoms with Gasteiger partial charge in [0.1, 0.15) is 0 Å². The Morgan fingerprint density at radius 2 is 1.95 bits per heavy atom. The molecule has 0 aliphatic rings. The van der Waals surface area contributed by atoms with Crippen molar-refractivity contribution in [3.63, 3.8) is 0 Å². The Morgan fingerprint density at radius 3 is 2.67 bits per heavy atom. The monoisotopic (exact) mass is 321 g/mol. The van der Waals surface area contributed by atoms with Crippen LogP contribution in [0.2, 0.25) is 10.0 Å².